The van der Waals surface area contributed by atoms with Crippen molar-refractivity contribution < 1.29 is 0 Å². The molecule has 4 heteroatoms. The summed E-state index contributed by atoms with van der Waals surface area (Å²) < 4.78 is 2.20. The predicted octanol–water partition coefficient (Wildman–Crippen LogP) is 8.17. The predicted molar refractivity (Wildman–Crippen MR) is 158 cm³/mol. The van der Waals surface area contributed by atoms with Crippen LogP contribution in [0.1, 0.15) is 18.2 Å². The molecule has 0 fully saturated rings. The summed E-state index contributed by atoms with van der Waals surface area (Å²) in [7, 11) is 0. The first-order valence-corrected chi connectivity index (χ1v) is 12.9. The van der Waals surface area contributed by atoms with Crippen molar-refractivity contribution in [3.8, 4) is 39.5 Å². The number of hydrogen-bond acceptors (Lipinski definition) is 3. The summed E-state index contributed by atoms with van der Waals surface area (Å²) in [6.45, 7) is 4.94. The summed E-state index contributed by atoms with van der Waals surface area (Å²) in [6.07, 6.45) is 3.92. The van der Waals surface area contributed by atoms with Crippen molar-refractivity contribution in [1.82, 2.24) is 14.5 Å². The molecule has 0 spiro atoms. The Morgan fingerprint density at radius 2 is 1.34 bits per heavy atom. The minimum absolute atomic E-state index is 0.739. The van der Waals surface area contributed by atoms with E-state index in [2.05, 4.69) is 89.3 Å². The van der Waals surface area contributed by atoms with E-state index < -0.39 is 0 Å². The number of rotatable bonds is 6. The third-order valence-electron chi connectivity index (χ3n) is 6.84. The van der Waals surface area contributed by atoms with Crippen LogP contribution in [0, 0.1) is 6.92 Å². The summed E-state index contributed by atoms with van der Waals surface area (Å²) in [6, 6.07) is 37.6. The van der Waals surface area contributed by atoms with Gasteiger partial charge in [0.2, 0.25) is 0 Å². The van der Waals surface area contributed by atoms with Gasteiger partial charge in [-0.1, -0.05) is 78.9 Å². The first-order chi connectivity index (χ1) is 18.7. The van der Waals surface area contributed by atoms with Crippen molar-refractivity contribution in [2.75, 3.05) is 6.54 Å². The number of pyridine rings is 2. The van der Waals surface area contributed by atoms with Crippen LogP contribution in [0.15, 0.2) is 120 Å². The van der Waals surface area contributed by atoms with Crippen molar-refractivity contribution in [1.29, 1.82) is 0 Å². The quantitative estimate of drug-likeness (QED) is 0.220. The normalized spacial score (nSPS) is 11.4. The molecule has 38 heavy (non-hydrogen) atoms. The van der Waals surface area contributed by atoms with Crippen molar-refractivity contribution in [3.05, 3.63) is 127 Å². The van der Waals surface area contributed by atoms with Crippen molar-refractivity contribution >= 4 is 17.1 Å². The Bertz CT molecular complexity index is 1670. The first-order valence-electron chi connectivity index (χ1n) is 12.9. The second-order valence-electron chi connectivity index (χ2n) is 9.25. The smallest absolute Gasteiger partial charge is 0.137 e. The Hall–Kier alpha value is -4.83. The van der Waals surface area contributed by atoms with Gasteiger partial charge in [0.25, 0.3) is 0 Å². The van der Waals surface area contributed by atoms with Crippen LogP contribution in [0.2, 0.25) is 0 Å². The summed E-state index contributed by atoms with van der Waals surface area (Å²) in [5.41, 5.74) is 9.58. The number of aromatic nitrogens is 3. The number of fused-ring (bicyclic) bond motifs is 1. The molecule has 0 amide bonds. The Labute approximate surface area is 223 Å². The second kappa shape index (κ2) is 10.3. The molecule has 0 aliphatic heterocycles. The molecule has 4 nitrogen and oxygen atoms in total. The molecule has 0 saturated carbocycles. The number of aliphatic imine (C=N–C) groups is 1. The molecule has 0 N–H and O–H groups in total. The van der Waals surface area contributed by atoms with Gasteiger partial charge < -0.3 is 0 Å². The highest BCUT2D eigenvalue weighted by Gasteiger charge is 2.15. The van der Waals surface area contributed by atoms with Crippen LogP contribution in [0.5, 0.6) is 0 Å². The van der Waals surface area contributed by atoms with E-state index in [0.717, 1.165) is 57.2 Å². The summed E-state index contributed by atoms with van der Waals surface area (Å²) in [5, 5.41) is 1.21. The van der Waals surface area contributed by atoms with E-state index >= 15 is 0 Å². The van der Waals surface area contributed by atoms with Crippen LogP contribution in [-0.2, 0) is 0 Å². The van der Waals surface area contributed by atoms with Crippen LogP contribution >= 0.6 is 0 Å². The zero-order valence-electron chi connectivity index (χ0n) is 21.5. The average Bonchev–Trinajstić information content (AvgIpc) is 3.28. The van der Waals surface area contributed by atoms with Crippen LogP contribution < -0.4 is 0 Å². The van der Waals surface area contributed by atoms with Gasteiger partial charge in [-0.15, -0.1) is 0 Å². The minimum Gasteiger partial charge on any atom is -0.293 e. The lowest BCUT2D eigenvalue weighted by Gasteiger charge is -2.12. The summed E-state index contributed by atoms with van der Waals surface area (Å²) in [5.74, 6) is 0.872. The average molecular weight is 493 g/mol. The molecule has 6 rings (SSSR count). The number of aryl methyl sites for hydroxylation is 1. The van der Waals surface area contributed by atoms with E-state index in [1.807, 2.05) is 55.7 Å². The lowest BCUT2D eigenvalue weighted by Crippen LogP contribution is -2.03. The van der Waals surface area contributed by atoms with Crippen molar-refractivity contribution in [3.63, 3.8) is 0 Å². The van der Waals surface area contributed by atoms with E-state index in [0.29, 0.717) is 0 Å². The lowest BCUT2D eigenvalue weighted by atomic mass is 10.0. The second-order valence-corrected chi connectivity index (χ2v) is 9.25. The third-order valence-corrected chi connectivity index (χ3v) is 6.84. The molecule has 3 heterocycles. The van der Waals surface area contributed by atoms with E-state index in [4.69, 9.17) is 9.97 Å². The highest BCUT2D eigenvalue weighted by Crippen LogP contribution is 2.32. The van der Waals surface area contributed by atoms with Gasteiger partial charge in [-0.05, 0) is 55.3 Å². The fourth-order valence-electron chi connectivity index (χ4n) is 4.90. The molecular formula is C34H28N4. The van der Waals surface area contributed by atoms with E-state index in [1.54, 1.807) is 0 Å². The van der Waals surface area contributed by atoms with Gasteiger partial charge in [-0.3, -0.25) is 9.56 Å². The molecule has 0 atom stereocenters. The Morgan fingerprint density at radius 1 is 0.711 bits per heavy atom. The van der Waals surface area contributed by atoms with Gasteiger partial charge in [0, 0.05) is 41.0 Å². The van der Waals surface area contributed by atoms with Gasteiger partial charge in [-0.2, -0.15) is 0 Å². The molecule has 0 unspecified atom stereocenters. The summed E-state index contributed by atoms with van der Waals surface area (Å²) in [4.78, 5) is 14.5. The van der Waals surface area contributed by atoms with E-state index in [9.17, 15) is 0 Å². The van der Waals surface area contributed by atoms with Crippen molar-refractivity contribution in [2.45, 2.75) is 13.8 Å². The standard InChI is InChI=1S/C34H28N4/c1-3-35-23-33-24(2)29-16-10-11-17-32(29)38(33)34-19-18-27(22-36-34)28-20-30(25-12-6-4-7-13-25)37-31(21-28)26-14-8-5-9-15-26/h4-23H,3H2,1-2H3. The maximum Gasteiger partial charge on any atom is 0.137 e. The fourth-order valence-corrected chi connectivity index (χ4v) is 4.90. The Kier molecular flexibility index (Phi) is 6.37. The summed E-state index contributed by atoms with van der Waals surface area (Å²) >= 11 is 0. The number of benzene rings is 3. The largest absolute Gasteiger partial charge is 0.293 e. The van der Waals surface area contributed by atoms with E-state index in [1.165, 1.54) is 10.9 Å². The molecule has 0 aliphatic carbocycles. The molecule has 184 valence electrons. The molecular weight excluding hydrogens is 464 g/mol. The maximum absolute atomic E-state index is 5.00. The molecule has 6 aromatic rings. The minimum atomic E-state index is 0.739. The molecule has 0 aliphatic rings. The Morgan fingerprint density at radius 3 is 1.95 bits per heavy atom. The number of para-hydroxylation sites is 1. The maximum atomic E-state index is 5.00. The molecule has 3 aromatic heterocycles. The SMILES string of the molecule is CCN=Cc1c(C)c2ccccc2n1-c1ccc(-c2cc(-c3ccccc3)nc(-c3ccccc3)c2)cn1. The number of hydrogen-bond donors (Lipinski definition) is 0. The molecule has 3 aromatic carbocycles. The van der Waals surface area contributed by atoms with Gasteiger partial charge in [-0.25, -0.2) is 9.97 Å². The van der Waals surface area contributed by atoms with Gasteiger partial charge in [0.15, 0.2) is 0 Å². The van der Waals surface area contributed by atoms with Crippen LogP contribution in [0.4, 0.5) is 0 Å². The van der Waals surface area contributed by atoms with Crippen molar-refractivity contribution in [2.24, 2.45) is 4.99 Å². The van der Waals surface area contributed by atoms with Crippen LogP contribution in [0.25, 0.3) is 50.4 Å². The monoisotopic (exact) mass is 492 g/mol. The van der Waals surface area contributed by atoms with E-state index in [-0.39, 0.29) is 0 Å². The highest BCUT2D eigenvalue weighted by atomic mass is 15.1. The molecule has 0 bridgehead atoms. The van der Waals surface area contributed by atoms with Gasteiger partial charge >= 0.3 is 0 Å². The first kappa shape index (κ1) is 23.6. The third kappa shape index (κ3) is 4.41. The topological polar surface area (TPSA) is 43.1 Å². The molecule has 0 radical (unpaired) electrons. The highest BCUT2D eigenvalue weighted by molar-refractivity contribution is 5.96. The number of nitrogens with zero attached hydrogens (tertiary/aromatic N) is 4. The Balaban J connectivity index is 1.47. The molecule has 0 saturated heterocycles. The zero-order valence-corrected chi connectivity index (χ0v) is 21.5. The fraction of sp³-hybridized carbons (Fsp3) is 0.0882. The zero-order chi connectivity index (χ0) is 25.9. The van der Waals surface area contributed by atoms with Crippen LogP contribution in [-0.4, -0.2) is 27.3 Å². The lowest BCUT2D eigenvalue weighted by molar-refractivity contribution is 1.02. The van der Waals surface area contributed by atoms with Gasteiger partial charge in [0.1, 0.15) is 5.82 Å². The van der Waals surface area contributed by atoms with Gasteiger partial charge in [0.05, 0.1) is 22.6 Å². The van der Waals surface area contributed by atoms with Crippen LogP contribution in [0.3, 0.4) is 0 Å².